The van der Waals surface area contributed by atoms with Crippen LogP contribution in [0.2, 0.25) is 0 Å². The molecule has 0 bridgehead atoms. The summed E-state index contributed by atoms with van der Waals surface area (Å²) < 4.78 is 50.6. The second-order valence-corrected chi connectivity index (χ2v) is 15.6. The third-order valence-electron chi connectivity index (χ3n) is 6.97. The number of rotatable bonds is 15. The second-order valence-electron chi connectivity index (χ2n) is 13.7. The molecule has 0 aliphatic heterocycles. The lowest BCUT2D eigenvalue weighted by Gasteiger charge is -2.41. The first-order chi connectivity index (χ1) is 21.1. The highest BCUT2D eigenvalue weighted by Gasteiger charge is 2.39. The molecule has 0 saturated carbocycles. The predicted octanol–water partition coefficient (Wildman–Crippen LogP) is 5.64. The minimum atomic E-state index is -3.91. The van der Waals surface area contributed by atoms with Crippen LogP contribution in [0.1, 0.15) is 74.3 Å². The minimum Gasteiger partial charge on any atom is -0.497 e. The summed E-state index contributed by atoms with van der Waals surface area (Å²) in [6.45, 7) is 15.6. The van der Waals surface area contributed by atoms with Crippen LogP contribution in [0.15, 0.2) is 53.4 Å². The fourth-order valence-corrected chi connectivity index (χ4v) is 6.53. The lowest BCUT2D eigenvalue weighted by Crippen LogP contribution is -2.56. The lowest BCUT2D eigenvalue weighted by atomic mass is 9.99. The Kier molecular flexibility index (Phi) is 13.1. The van der Waals surface area contributed by atoms with Crippen LogP contribution in [0.3, 0.4) is 0 Å². The predicted molar refractivity (Wildman–Crippen MR) is 176 cm³/mol. The first-order valence-corrected chi connectivity index (χ1v) is 16.8. The molecule has 1 atom stereocenters. The van der Waals surface area contributed by atoms with Gasteiger partial charge in [-0.15, -0.1) is 0 Å². The second kappa shape index (κ2) is 15.5. The first kappa shape index (κ1) is 38.8. The molecular formula is C34H52N2O9S. The van der Waals surface area contributed by atoms with Crippen molar-refractivity contribution in [1.29, 1.82) is 0 Å². The summed E-state index contributed by atoms with van der Waals surface area (Å²) in [7, 11) is -1.10. The number of carbonyl (C=O) groups is 2. The average Bonchev–Trinajstić information content (AvgIpc) is 2.93. The number of nitrogens with zero attached hydrogens (tertiary/aromatic N) is 2. The third-order valence-corrected chi connectivity index (χ3v) is 8.85. The molecule has 1 N–H and O–H groups in total. The van der Waals surface area contributed by atoms with E-state index < -0.39 is 45.1 Å². The topological polar surface area (TPSA) is 132 Å². The summed E-state index contributed by atoms with van der Waals surface area (Å²) in [6.07, 6.45) is -0.265. The Bertz CT molecular complexity index is 1390. The summed E-state index contributed by atoms with van der Waals surface area (Å²) in [5.41, 5.74) is -2.89. The minimum absolute atomic E-state index is 0.0181. The molecular weight excluding hydrogens is 612 g/mol. The molecule has 2 aromatic carbocycles. The van der Waals surface area contributed by atoms with Gasteiger partial charge in [-0.3, -0.25) is 4.90 Å². The van der Waals surface area contributed by atoms with E-state index in [1.54, 1.807) is 71.0 Å². The van der Waals surface area contributed by atoms with Crippen LogP contribution in [0, 0.1) is 5.92 Å². The first-order valence-electron chi connectivity index (χ1n) is 15.4. The standard InChI is InChI=1S/C34H52N2O9S/c1-24(2)23-35(46(40,41)29-18-16-27(42-10)17-19-29)21-20-26(36(34(8,9)39)31(38)45-32(3,4)5)22-25-12-14-28(15-13-25)44-33(6,7)30(37)43-11/h12-19,24,26,39H,20-23H2,1-11H3/t26-/m1/s1. The Labute approximate surface area is 274 Å². The highest BCUT2D eigenvalue weighted by Crippen LogP contribution is 2.28. The van der Waals surface area contributed by atoms with Crippen molar-refractivity contribution >= 4 is 22.1 Å². The van der Waals surface area contributed by atoms with Gasteiger partial charge in [0.1, 0.15) is 22.8 Å². The van der Waals surface area contributed by atoms with E-state index in [0.29, 0.717) is 11.5 Å². The maximum Gasteiger partial charge on any atom is 0.412 e. The van der Waals surface area contributed by atoms with Crippen molar-refractivity contribution < 1.29 is 42.1 Å². The maximum atomic E-state index is 13.8. The quantitative estimate of drug-likeness (QED) is 0.190. The van der Waals surface area contributed by atoms with E-state index in [2.05, 4.69) is 0 Å². The van der Waals surface area contributed by atoms with E-state index in [9.17, 15) is 23.1 Å². The van der Waals surface area contributed by atoms with Crippen molar-refractivity contribution in [2.45, 2.75) is 103 Å². The number of amides is 1. The van der Waals surface area contributed by atoms with Crippen LogP contribution in [0.4, 0.5) is 4.79 Å². The van der Waals surface area contributed by atoms with Gasteiger partial charge in [0, 0.05) is 19.1 Å². The molecule has 0 aliphatic carbocycles. The Morgan fingerprint density at radius 1 is 0.870 bits per heavy atom. The Morgan fingerprint density at radius 3 is 1.87 bits per heavy atom. The van der Waals surface area contributed by atoms with E-state index >= 15 is 0 Å². The third kappa shape index (κ3) is 11.2. The van der Waals surface area contributed by atoms with Gasteiger partial charge in [-0.25, -0.2) is 18.0 Å². The molecule has 258 valence electrons. The van der Waals surface area contributed by atoms with E-state index in [0.717, 1.165) is 5.56 Å². The lowest BCUT2D eigenvalue weighted by molar-refractivity contribution is -0.156. The van der Waals surface area contributed by atoms with Gasteiger partial charge in [0.15, 0.2) is 5.60 Å². The van der Waals surface area contributed by atoms with Crippen molar-refractivity contribution in [3.05, 3.63) is 54.1 Å². The Balaban J connectivity index is 2.50. The zero-order valence-electron chi connectivity index (χ0n) is 29.1. The number of benzene rings is 2. The molecule has 0 fully saturated rings. The number of hydrogen-bond acceptors (Lipinski definition) is 9. The molecule has 1 amide bonds. The number of esters is 1. The monoisotopic (exact) mass is 664 g/mol. The summed E-state index contributed by atoms with van der Waals surface area (Å²) in [6, 6.07) is 12.6. The molecule has 0 heterocycles. The van der Waals surface area contributed by atoms with Gasteiger partial charge in [0.25, 0.3) is 0 Å². The van der Waals surface area contributed by atoms with Crippen molar-refractivity contribution in [3.8, 4) is 11.5 Å². The van der Waals surface area contributed by atoms with Crippen LogP contribution < -0.4 is 9.47 Å². The number of aliphatic hydroxyl groups is 1. The molecule has 0 radical (unpaired) electrons. The van der Waals surface area contributed by atoms with Crippen LogP contribution in [-0.4, -0.2) is 85.1 Å². The van der Waals surface area contributed by atoms with Gasteiger partial charge >= 0.3 is 12.1 Å². The fraction of sp³-hybridized carbons (Fsp3) is 0.588. The Morgan fingerprint density at radius 2 is 1.41 bits per heavy atom. The van der Waals surface area contributed by atoms with Gasteiger partial charge in [-0.05, 0) is 109 Å². The number of ether oxygens (including phenoxy) is 4. The molecule has 12 heteroatoms. The van der Waals surface area contributed by atoms with Gasteiger partial charge in [0.05, 0.1) is 19.1 Å². The molecule has 0 saturated heterocycles. The molecule has 0 spiro atoms. The van der Waals surface area contributed by atoms with Crippen LogP contribution in [0.25, 0.3) is 0 Å². The van der Waals surface area contributed by atoms with E-state index in [4.69, 9.17) is 18.9 Å². The van der Waals surface area contributed by atoms with Gasteiger partial charge in [-0.2, -0.15) is 4.31 Å². The highest BCUT2D eigenvalue weighted by molar-refractivity contribution is 7.89. The average molecular weight is 665 g/mol. The van der Waals surface area contributed by atoms with Crippen LogP contribution in [0.5, 0.6) is 11.5 Å². The van der Waals surface area contributed by atoms with Crippen molar-refractivity contribution in [2.75, 3.05) is 27.3 Å². The van der Waals surface area contributed by atoms with Crippen molar-refractivity contribution in [1.82, 2.24) is 9.21 Å². The van der Waals surface area contributed by atoms with Crippen molar-refractivity contribution in [2.24, 2.45) is 5.92 Å². The number of carbonyl (C=O) groups excluding carboxylic acids is 2. The molecule has 2 aromatic rings. The fourth-order valence-electron chi connectivity index (χ4n) is 4.91. The number of methoxy groups -OCH3 is 2. The molecule has 0 aromatic heterocycles. The zero-order valence-corrected chi connectivity index (χ0v) is 29.9. The number of sulfonamides is 1. The maximum absolute atomic E-state index is 13.8. The van der Waals surface area contributed by atoms with Gasteiger partial charge in [0.2, 0.25) is 10.0 Å². The molecule has 46 heavy (non-hydrogen) atoms. The summed E-state index contributed by atoms with van der Waals surface area (Å²) in [5.74, 6) is 0.476. The van der Waals surface area contributed by atoms with E-state index in [1.807, 2.05) is 13.8 Å². The van der Waals surface area contributed by atoms with Gasteiger partial charge < -0.3 is 24.1 Å². The summed E-state index contributed by atoms with van der Waals surface area (Å²) in [5, 5.41) is 11.3. The zero-order chi connectivity index (χ0) is 35.1. The van der Waals surface area contributed by atoms with Crippen molar-refractivity contribution in [3.63, 3.8) is 0 Å². The highest BCUT2D eigenvalue weighted by atomic mass is 32.2. The molecule has 0 unspecified atom stereocenters. The summed E-state index contributed by atoms with van der Waals surface area (Å²) >= 11 is 0. The Hall–Kier alpha value is -3.35. The number of hydrogen-bond donors (Lipinski definition) is 1. The largest absolute Gasteiger partial charge is 0.497 e. The molecule has 2 rings (SSSR count). The van der Waals surface area contributed by atoms with Gasteiger partial charge in [-0.1, -0.05) is 26.0 Å². The van der Waals surface area contributed by atoms with Crippen LogP contribution >= 0.6 is 0 Å². The SMILES string of the molecule is COC(=O)C(C)(C)Oc1ccc(C[C@@H](CCN(CC(C)C)S(=O)(=O)c2ccc(OC)cc2)N(C(=O)OC(C)(C)C)C(C)(C)O)cc1. The smallest absolute Gasteiger partial charge is 0.412 e. The normalized spacial score (nSPS) is 13.3. The van der Waals surface area contributed by atoms with E-state index in [-0.39, 0.29) is 36.7 Å². The molecule has 0 aliphatic rings. The van der Waals surface area contributed by atoms with Crippen LogP contribution in [-0.2, 0) is 30.7 Å². The molecule has 11 nitrogen and oxygen atoms in total. The summed E-state index contributed by atoms with van der Waals surface area (Å²) in [4.78, 5) is 27.1. The van der Waals surface area contributed by atoms with E-state index in [1.165, 1.54) is 49.4 Å².